The number of sulfonamides is 1. The smallest absolute Gasteiger partial charge is 0.211 e. The van der Waals surface area contributed by atoms with E-state index in [0.717, 1.165) is 25.9 Å². The summed E-state index contributed by atoms with van der Waals surface area (Å²) in [4.78, 5) is 2.62. The Labute approximate surface area is 166 Å². The third kappa shape index (κ3) is 4.57. The van der Waals surface area contributed by atoms with Gasteiger partial charge >= 0.3 is 0 Å². The second-order valence-electron chi connectivity index (χ2n) is 9.85. The first-order valence-corrected chi connectivity index (χ1v) is 12.1. The lowest BCUT2D eigenvalue weighted by Crippen LogP contribution is -2.46. The minimum absolute atomic E-state index is 0.0271. The molecule has 5 heteroatoms. The first-order chi connectivity index (χ1) is 12.5. The van der Waals surface area contributed by atoms with Crippen LogP contribution in [0.3, 0.4) is 0 Å². The molecule has 1 saturated heterocycles. The number of benzene rings is 1. The molecule has 3 rings (SSSR count). The lowest BCUT2D eigenvalue weighted by Gasteiger charge is -2.48. The van der Waals surface area contributed by atoms with E-state index in [1.807, 2.05) is 0 Å². The third-order valence-electron chi connectivity index (χ3n) is 6.74. The monoisotopic (exact) mass is 392 g/mol. The van der Waals surface area contributed by atoms with Gasteiger partial charge in [-0.05, 0) is 73.7 Å². The lowest BCUT2D eigenvalue weighted by molar-refractivity contribution is 0.122. The van der Waals surface area contributed by atoms with Crippen LogP contribution in [-0.2, 0) is 15.4 Å². The minimum Gasteiger partial charge on any atom is -0.303 e. The molecule has 1 aliphatic carbocycles. The van der Waals surface area contributed by atoms with Crippen LogP contribution >= 0.6 is 0 Å². The molecule has 0 amide bonds. The highest BCUT2D eigenvalue weighted by molar-refractivity contribution is 7.88. The Morgan fingerprint density at radius 3 is 2.37 bits per heavy atom. The Bertz CT molecular complexity index is 759. The molecule has 1 heterocycles. The highest BCUT2D eigenvalue weighted by Crippen LogP contribution is 2.49. The Morgan fingerprint density at radius 2 is 1.78 bits per heavy atom. The van der Waals surface area contributed by atoms with Crippen LogP contribution in [0.15, 0.2) is 24.3 Å². The molecule has 0 bridgehead atoms. The number of hydrogen-bond donors (Lipinski definition) is 0. The molecule has 0 aromatic heterocycles. The molecule has 1 aromatic rings. The summed E-state index contributed by atoms with van der Waals surface area (Å²) >= 11 is 0. The van der Waals surface area contributed by atoms with Crippen LogP contribution in [0.2, 0.25) is 0 Å². The number of fused-ring (bicyclic) bond motifs is 2. The molecule has 1 atom stereocenters. The van der Waals surface area contributed by atoms with Gasteiger partial charge in [0, 0.05) is 13.1 Å². The van der Waals surface area contributed by atoms with E-state index in [1.54, 1.807) is 11.4 Å². The van der Waals surface area contributed by atoms with E-state index < -0.39 is 10.0 Å². The fourth-order valence-electron chi connectivity index (χ4n) is 4.80. The average Bonchev–Trinajstić information content (AvgIpc) is 2.60. The van der Waals surface area contributed by atoms with E-state index in [1.165, 1.54) is 43.2 Å². The van der Waals surface area contributed by atoms with Crippen molar-refractivity contribution in [1.29, 1.82) is 0 Å². The van der Waals surface area contributed by atoms with E-state index in [-0.39, 0.29) is 11.5 Å². The zero-order chi connectivity index (χ0) is 19.9. The van der Waals surface area contributed by atoms with E-state index in [4.69, 9.17) is 0 Å². The van der Waals surface area contributed by atoms with Crippen LogP contribution in [0.5, 0.6) is 0 Å². The molecule has 0 saturated carbocycles. The van der Waals surface area contributed by atoms with Gasteiger partial charge in [-0.25, -0.2) is 8.42 Å². The Hall–Kier alpha value is -0.910. The summed E-state index contributed by atoms with van der Waals surface area (Å²) in [6, 6.07) is 8.55. The minimum atomic E-state index is -3.19. The maximum absolute atomic E-state index is 12.1. The van der Waals surface area contributed by atoms with E-state index >= 15 is 0 Å². The second-order valence-corrected chi connectivity index (χ2v) is 11.9. The largest absolute Gasteiger partial charge is 0.303 e. The summed E-state index contributed by atoms with van der Waals surface area (Å²) in [5.41, 5.74) is 3.23. The summed E-state index contributed by atoms with van der Waals surface area (Å²) < 4.78 is 25.8. The topological polar surface area (TPSA) is 40.6 Å². The van der Waals surface area contributed by atoms with Crippen LogP contribution in [0.4, 0.5) is 0 Å². The fraction of sp³-hybridized carbons (Fsp3) is 0.727. The van der Waals surface area contributed by atoms with Crippen LogP contribution in [-0.4, -0.2) is 50.6 Å². The first-order valence-electron chi connectivity index (χ1n) is 10.3. The quantitative estimate of drug-likeness (QED) is 0.772. The molecular formula is C22H36N2O2S. The number of rotatable bonds is 4. The van der Waals surface area contributed by atoms with Crippen molar-refractivity contribution in [3.05, 3.63) is 35.4 Å². The first kappa shape index (κ1) is 20.8. The van der Waals surface area contributed by atoms with E-state index in [9.17, 15) is 8.42 Å². The maximum Gasteiger partial charge on any atom is 0.211 e. The highest BCUT2D eigenvalue weighted by Gasteiger charge is 2.43. The molecule has 0 radical (unpaired) electrons. The van der Waals surface area contributed by atoms with Gasteiger partial charge in [0.25, 0.3) is 0 Å². The van der Waals surface area contributed by atoms with Gasteiger partial charge in [-0.2, -0.15) is 4.31 Å². The van der Waals surface area contributed by atoms with Gasteiger partial charge in [0.15, 0.2) is 0 Å². The molecule has 1 fully saturated rings. The molecule has 0 unspecified atom stereocenters. The summed E-state index contributed by atoms with van der Waals surface area (Å²) in [6.07, 6.45) is 6.92. The van der Waals surface area contributed by atoms with Crippen molar-refractivity contribution in [1.82, 2.24) is 9.21 Å². The molecule has 4 nitrogen and oxygen atoms in total. The lowest BCUT2D eigenvalue weighted by atomic mass is 9.63. The van der Waals surface area contributed by atoms with E-state index in [2.05, 4.69) is 49.9 Å². The van der Waals surface area contributed by atoms with Crippen LogP contribution in [0.25, 0.3) is 0 Å². The number of hydrogen-bond acceptors (Lipinski definition) is 3. The fourth-order valence-corrected chi connectivity index (χ4v) is 5.48. The van der Waals surface area contributed by atoms with Crippen molar-refractivity contribution in [3.8, 4) is 0 Å². The van der Waals surface area contributed by atoms with Gasteiger partial charge in [-0.15, -0.1) is 0 Å². The SMILES string of the molecule is CN([C@H]1CCC2(CCN(CCC(C)(C)C)CC2)c2ccccc21)S(C)(=O)=O. The summed E-state index contributed by atoms with van der Waals surface area (Å²) in [5, 5.41) is 0. The predicted molar refractivity (Wildman–Crippen MR) is 112 cm³/mol. The predicted octanol–water partition coefficient (Wildman–Crippen LogP) is 4.18. The van der Waals surface area contributed by atoms with Gasteiger partial charge in [-0.1, -0.05) is 45.0 Å². The Balaban J connectivity index is 1.78. The Kier molecular flexibility index (Phi) is 5.77. The zero-order valence-electron chi connectivity index (χ0n) is 17.7. The summed E-state index contributed by atoms with van der Waals surface area (Å²) in [7, 11) is -1.47. The Morgan fingerprint density at radius 1 is 1.15 bits per heavy atom. The van der Waals surface area contributed by atoms with Crippen LogP contribution < -0.4 is 0 Å². The molecular weight excluding hydrogens is 356 g/mol. The molecule has 1 spiro atoms. The van der Waals surface area contributed by atoms with Crippen molar-refractivity contribution in [3.63, 3.8) is 0 Å². The number of likely N-dealkylation sites (tertiary alicyclic amines) is 1. The maximum atomic E-state index is 12.1. The second kappa shape index (κ2) is 7.49. The van der Waals surface area contributed by atoms with Crippen molar-refractivity contribution in [2.75, 3.05) is 32.9 Å². The van der Waals surface area contributed by atoms with Gasteiger partial charge in [-0.3, -0.25) is 0 Å². The number of nitrogens with zero attached hydrogens (tertiary/aromatic N) is 2. The van der Waals surface area contributed by atoms with E-state index in [0.29, 0.717) is 5.41 Å². The van der Waals surface area contributed by atoms with Crippen molar-refractivity contribution >= 4 is 10.0 Å². The average molecular weight is 393 g/mol. The summed E-state index contributed by atoms with van der Waals surface area (Å²) in [6.45, 7) is 10.4. The van der Waals surface area contributed by atoms with Crippen molar-refractivity contribution in [2.45, 2.75) is 64.3 Å². The molecule has 152 valence electrons. The van der Waals surface area contributed by atoms with Crippen molar-refractivity contribution < 1.29 is 8.42 Å². The van der Waals surface area contributed by atoms with Gasteiger partial charge in [0.05, 0.1) is 6.26 Å². The summed E-state index contributed by atoms with van der Waals surface area (Å²) in [5.74, 6) is 0. The molecule has 27 heavy (non-hydrogen) atoms. The third-order valence-corrected chi connectivity index (χ3v) is 8.04. The zero-order valence-corrected chi connectivity index (χ0v) is 18.5. The van der Waals surface area contributed by atoms with Gasteiger partial charge < -0.3 is 4.90 Å². The highest BCUT2D eigenvalue weighted by atomic mass is 32.2. The molecule has 1 aromatic carbocycles. The number of piperidine rings is 1. The van der Waals surface area contributed by atoms with Crippen molar-refractivity contribution in [2.24, 2.45) is 5.41 Å². The normalized spacial score (nSPS) is 23.6. The molecule has 2 aliphatic rings. The van der Waals surface area contributed by atoms with Crippen LogP contribution in [0, 0.1) is 5.41 Å². The van der Waals surface area contributed by atoms with Crippen LogP contribution in [0.1, 0.15) is 70.0 Å². The standard InChI is InChI=1S/C22H36N2O2S/c1-21(2,3)12-15-24-16-13-22(14-17-24)11-10-20(23(4)27(5,25)26)18-8-6-7-9-19(18)22/h6-9,20H,10-17H2,1-5H3/t20-/m0/s1. The van der Waals surface area contributed by atoms with Gasteiger partial charge in [0.2, 0.25) is 10.0 Å². The van der Waals surface area contributed by atoms with Gasteiger partial charge in [0.1, 0.15) is 0 Å². The molecule has 0 N–H and O–H groups in total. The molecule has 1 aliphatic heterocycles.